The molecule has 5 nitrogen and oxygen atoms in total. The van der Waals surface area contributed by atoms with E-state index in [-0.39, 0.29) is 17.7 Å². The number of benzene rings is 1. The van der Waals surface area contributed by atoms with Crippen LogP contribution in [0.15, 0.2) is 29.2 Å². The summed E-state index contributed by atoms with van der Waals surface area (Å²) < 4.78 is 23.4. The number of rotatable bonds is 5. The SMILES string of the molecule is CCS(=O)(=O)c1ccc(N[C@H]2CC[C@@H](C(=O)O)C2)cc1. The molecule has 1 aliphatic carbocycles. The van der Waals surface area contributed by atoms with Crippen LogP contribution in [0.2, 0.25) is 0 Å². The molecule has 110 valence electrons. The summed E-state index contributed by atoms with van der Waals surface area (Å²) in [6.45, 7) is 1.62. The zero-order valence-electron chi connectivity index (χ0n) is 11.4. The Hall–Kier alpha value is -1.56. The minimum Gasteiger partial charge on any atom is -0.481 e. The normalized spacial score (nSPS) is 22.6. The minimum atomic E-state index is -3.17. The van der Waals surface area contributed by atoms with Gasteiger partial charge in [0.15, 0.2) is 9.84 Å². The van der Waals surface area contributed by atoms with Gasteiger partial charge in [-0.3, -0.25) is 4.79 Å². The third-order valence-electron chi connectivity index (χ3n) is 3.75. The second-order valence-corrected chi connectivity index (χ2v) is 7.40. The predicted octanol–water partition coefficient (Wildman–Crippen LogP) is 2.15. The van der Waals surface area contributed by atoms with Crippen LogP contribution < -0.4 is 5.32 Å². The van der Waals surface area contributed by atoms with Crippen LogP contribution in [0.25, 0.3) is 0 Å². The van der Waals surface area contributed by atoms with Crippen molar-refractivity contribution in [1.82, 2.24) is 0 Å². The van der Waals surface area contributed by atoms with Gasteiger partial charge >= 0.3 is 5.97 Å². The highest BCUT2D eigenvalue weighted by atomic mass is 32.2. The molecular weight excluding hydrogens is 278 g/mol. The number of anilines is 1. The van der Waals surface area contributed by atoms with Crippen molar-refractivity contribution in [2.24, 2.45) is 5.92 Å². The molecule has 0 unspecified atom stereocenters. The molecule has 0 heterocycles. The van der Waals surface area contributed by atoms with Gasteiger partial charge < -0.3 is 10.4 Å². The number of aliphatic carboxylic acids is 1. The monoisotopic (exact) mass is 297 g/mol. The Labute approximate surface area is 118 Å². The molecule has 0 radical (unpaired) electrons. The maximum absolute atomic E-state index is 11.7. The van der Waals surface area contributed by atoms with Crippen LogP contribution in [-0.2, 0) is 14.6 Å². The zero-order chi connectivity index (χ0) is 14.8. The fourth-order valence-electron chi connectivity index (χ4n) is 2.50. The van der Waals surface area contributed by atoms with Crippen molar-refractivity contribution in [3.63, 3.8) is 0 Å². The maximum atomic E-state index is 11.7. The molecule has 1 aromatic rings. The second-order valence-electron chi connectivity index (χ2n) is 5.12. The molecule has 0 bridgehead atoms. The number of carboxylic acids is 1. The summed E-state index contributed by atoms with van der Waals surface area (Å²) in [5.41, 5.74) is 0.830. The Bertz CT molecular complexity index is 580. The Kier molecular flexibility index (Phi) is 4.32. The van der Waals surface area contributed by atoms with Gasteiger partial charge in [-0.2, -0.15) is 0 Å². The van der Waals surface area contributed by atoms with Crippen LogP contribution >= 0.6 is 0 Å². The molecular formula is C14H19NO4S. The van der Waals surface area contributed by atoms with Crippen LogP contribution in [0.1, 0.15) is 26.2 Å². The lowest BCUT2D eigenvalue weighted by atomic mass is 10.1. The van der Waals surface area contributed by atoms with Crippen molar-refractivity contribution in [3.05, 3.63) is 24.3 Å². The largest absolute Gasteiger partial charge is 0.481 e. The van der Waals surface area contributed by atoms with E-state index in [0.29, 0.717) is 17.7 Å². The standard InChI is InChI=1S/C14H19NO4S/c1-2-20(18,19)13-7-5-11(6-8-13)15-12-4-3-10(9-12)14(16)17/h5-8,10,12,15H,2-4,9H2,1H3,(H,16,17)/t10-,12+/m1/s1. The Morgan fingerprint density at radius 1 is 1.30 bits per heavy atom. The summed E-state index contributed by atoms with van der Waals surface area (Å²) in [7, 11) is -3.17. The first kappa shape index (κ1) is 14.8. The van der Waals surface area contributed by atoms with Gasteiger partial charge in [0.2, 0.25) is 0 Å². The van der Waals surface area contributed by atoms with E-state index in [0.717, 1.165) is 12.1 Å². The van der Waals surface area contributed by atoms with Gasteiger partial charge in [0.1, 0.15) is 0 Å². The molecule has 0 amide bonds. The van der Waals surface area contributed by atoms with Crippen molar-refractivity contribution >= 4 is 21.5 Å². The Morgan fingerprint density at radius 2 is 1.95 bits per heavy atom. The van der Waals surface area contributed by atoms with Crippen molar-refractivity contribution in [3.8, 4) is 0 Å². The maximum Gasteiger partial charge on any atom is 0.306 e. The first-order chi connectivity index (χ1) is 9.42. The average molecular weight is 297 g/mol. The molecule has 1 aliphatic rings. The molecule has 6 heteroatoms. The average Bonchev–Trinajstić information content (AvgIpc) is 2.88. The summed E-state index contributed by atoms with van der Waals surface area (Å²) in [6.07, 6.45) is 2.13. The van der Waals surface area contributed by atoms with Crippen LogP contribution in [0.3, 0.4) is 0 Å². The van der Waals surface area contributed by atoms with E-state index in [1.807, 2.05) is 0 Å². The lowest BCUT2D eigenvalue weighted by Crippen LogP contribution is -2.17. The molecule has 0 spiro atoms. The number of nitrogens with one attached hydrogen (secondary N) is 1. The third kappa shape index (κ3) is 3.30. The Morgan fingerprint density at radius 3 is 2.45 bits per heavy atom. The summed E-state index contributed by atoms with van der Waals surface area (Å²) >= 11 is 0. The highest BCUT2D eigenvalue weighted by molar-refractivity contribution is 7.91. The molecule has 2 N–H and O–H groups in total. The smallest absolute Gasteiger partial charge is 0.306 e. The fourth-order valence-corrected chi connectivity index (χ4v) is 3.38. The van der Waals surface area contributed by atoms with Crippen molar-refractivity contribution in [1.29, 1.82) is 0 Å². The van der Waals surface area contributed by atoms with Crippen molar-refractivity contribution < 1.29 is 18.3 Å². The number of sulfone groups is 1. The van der Waals surface area contributed by atoms with E-state index < -0.39 is 15.8 Å². The number of carboxylic acid groups (broad SMARTS) is 1. The Balaban J connectivity index is 2.00. The molecule has 20 heavy (non-hydrogen) atoms. The van der Waals surface area contributed by atoms with Gasteiger partial charge in [0, 0.05) is 11.7 Å². The lowest BCUT2D eigenvalue weighted by Gasteiger charge is -2.14. The molecule has 2 atom stereocenters. The fraction of sp³-hybridized carbons (Fsp3) is 0.500. The summed E-state index contributed by atoms with van der Waals surface area (Å²) in [5.74, 6) is -0.922. The summed E-state index contributed by atoms with van der Waals surface area (Å²) in [6, 6.07) is 6.79. The molecule has 1 aromatic carbocycles. The highest BCUT2D eigenvalue weighted by Gasteiger charge is 2.29. The predicted molar refractivity (Wildman–Crippen MR) is 76.6 cm³/mol. The minimum absolute atomic E-state index is 0.0860. The number of hydrogen-bond donors (Lipinski definition) is 2. The van der Waals surface area contributed by atoms with Crippen molar-refractivity contribution in [2.45, 2.75) is 37.1 Å². The van der Waals surface area contributed by atoms with Gasteiger partial charge in [0.25, 0.3) is 0 Å². The number of hydrogen-bond acceptors (Lipinski definition) is 4. The van der Waals surface area contributed by atoms with Crippen LogP contribution in [0.5, 0.6) is 0 Å². The quantitative estimate of drug-likeness (QED) is 0.870. The van der Waals surface area contributed by atoms with Gasteiger partial charge in [-0.1, -0.05) is 6.92 Å². The van der Waals surface area contributed by atoms with E-state index in [1.165, 1.54) is 0 Å². The molecule has 0 aromatic heterocycles. The highest BCUT2D eigenvalue weighted by Crippen LogP contribution is 2.28. The van der Waals surface area contributed by atoms with Crippen molar-refractivity contribution in [2.75, 3.05) is 11.1 Å². The van der Waals surface area contributed by atoms with E-state index in [2.05, 4.69) is 5.32 Å². The van der Waals surface area contributed by atoms with Crippen LogP contribution in [0.4, 0.5) is 5.69 Å². The lowest BCUT2D eigenvalue weighted by molar-refractivity contribution is -0.141. The second kappa shape index (κ2) is 5.83. The molecule has 0 aliphatic heterocycles. The van der Waals surface area contributed by atoms with E-state index in [4.69, 9.17) is 5.11 Å². The van der Waals surface area contributed by atoms with E-state index >= 15 is 0 Å². The number of carbonyl (C=O) groups is 1. The molecule has 1 saturated carbocycles. The molecule has 2 rings (SSSR count). The van der Waals surface area contributed by atoms with Crippen LogP contribution in [-0.4, -0.2) is 31.3 Å². The van der Waals surface area contributed by atoms with E-state index in [9.17, 15) is 13.2 Å². The van der Waals surface area contributed by atoms with Gasteiger partial charge in [-0.05, 0) is 43.5 Å². The first-order valence-corrected chi connectivity index (χ1v) is 8.39. The first-order valence-electron chi connectivity index (χ1n) is 6.74. The summed E-state index contributed by atoms with van der Waals surface area (Å²) in [4.78, 5) is 11.2. The topological polar surface area (TPSA) is 83.5 Å². The zero-order valence-corrected chi connectivity index (χ0v) is 12.2. The molecule has 0 saturated heterocycles. The third-order valence-corrected chi connectivity index (χ3v) is 5.50. The summed E-state index contributed by atoms with van der Waals surface area (Å²) in [5, 5.41) is 12.2. The van der Waals surface area contributed by atoms with Gasteiger partial charge in [-0.25, -0.2) is 8.42 Å². The van der Waals surface area contributed by atoms with Gasteiger partial charge in [0.05, 0.1) is 16.6 Å². The van der Waals surface area contributed by atoms with Gasteiger partial charge in [-0.15, -0.1) is 0 Å². The van der Waals surface area contributed by atoms with E-state index in [1.54, 1.807) is 31.2 Å². The van der Waals surface area contributed by atoms with Crippen LogP contribution in [0, 0.1) is 5.92 Å². The molecule has 1 fully saturated rings.